The average molecular weight is 465 g/mol. The van der Waals surface area contributed by atoms with Gasteiger partial charge in [-0.15, -0.1) is 0 Å². The molecule has 4 heterocycles. The summed E-state index contributed by atoms with van der Waals surface area (Å²) in [5.41, 5.74) is 8.87. The van der Waals surface area contributed by atoms with Gasteiger partial charge in [0, 0.05) is 22.8 Å². The topological polar surface area (TPSA) is 116 Å². The summed E-state index contributed by atoms with van der Waals surface area (Å²) in [6.45, 7) is 4.00. The van der Waals surface area contributed by atoms with E-state index in [0.29, 0.717) is 33.2 Å². The Hall–Kier alpha value is -4.05. The number of hydrogen-bond donors (Lipinski definition) is 2. The average Bonchev–Trinajstić information content (AvgIpc) is 3.38. The second-order valence-corrected chi connectivity index (χ2v) is 8.15. The molecule has 33 heavy (non-hydrogen) atoms. The number of nitrogens with zero attached hydrogens (tertiary/aromatic N) is 6. The highest BCUT2D eigenvalue weighted by molar-refractivity contribution is 6.31. The van der Waals surface area contributed by atoms with Gasteiger partial charge in [0.15, 0.2) is 5.65 Å². The number of halogens is 2. The quantitative estimate of drug-likeness (QED) is 0.408. The van der Waals surface area contributed by atoms with Crippen molar-refractivity contribution in [3.05, 3.63) is 65.6 Å². The monoisotopic (exact) mass is 464 g/mol. The number of nitrogen functional groups attached to an aromatic ring is 1. The molecule has 4 aromatic heterocycles. The van der Waals surface area contributed by atoms with E-state index in [1.54, 1.807) is 27.4 Å². The third kappa shape index (κ3) is 3.54. The highest BCUT2D eigenvalue weighted by Gasteiger charge is 2.20. The second-order valence-electron chi connectivity index (χ2n) is 7.71. The van der Waals surface area contributed by atoms with E-state index in [4.69, 9.17) is 22.4 Å². The second kappa shape index (κ2) is 7.82. The molecule has 5 aromatic rings. The van der Waals surface area contributed by atoms with Gasteiger partial charge >= 0.3 is 0 Å². The van der Waals surface area contributed by atoms with Crippen LogP contribution in [0.3, 0.4) is 0 Å². The van der Waals surface area contributed by atoms with Gasteiger partial charge in [0.1, 0.15) is 35.0 Å². The van der Waals surface area contributed by atoms with Gasteiger partial charge in [-0.2, -0.15) is 5.10 Å². The molecule has 0 aliphatic heterocycles. The van der Waals surface area contributed by atoms with Crippen LogP contribution in [0, 0.1) is 5.82 Å². The lowest BCUT2D eigenvalue weighted by Gasteiger charge is -2.07. The van der Waals surface area contributed by atoms with Crippen molar-refractivity contribution < 1.29 is 9.18 Å². The van der Waals surface area contributed by atoms with Crippen molar-refractivity contribution in [3.63, 3.8) is 0 Å². The lowest BCUT2D eigenvalue weighted by molar-refractivity contribution is 0.102. The molecule has 0 atom stereocenters. The summed E-state index contributed by atoms with van der Waals surface area (Å²) in [4.78, 5) is 25.6. The Morgan fingerprint density at radius 3 is 2.79 bits per heavy atom. The molecule has 3 N–H and O–H groups in total. The molecule has 0 spiro atoms. The van der Waals surface area contributed by atoms with Crippen LogP contribution >= 0.6 is 11.6 Å². The highest BCUT2D eigenvalue weighted by Crippen LogP contribution is 2.32. The van der Waals surface area contributed by atoms with Gasteiger partial charge in [-0.1, -0.05) is 11.6 Å². The molecule has 11 heteroatoms. The molecule has 0 unspecified atom stereocenters. The molecule has 0 bridgehead atoms. The maximum Gasteiger partial charge on any atom is 0.274 e. The van der Waals surface area contributed by atoms with Gasteiger partial charge in [-0.3, -0.25) is 9.20 Å². The van der Waals surface area contributed by atoms with Crippen LogP contribution in [0.1, 0.15) is 30.4 Å². The number of rotatable bonds is 4. The smallest absolute Gasteiger partial charge is 0.274 e. The minimum atomic E-state index is -0.587. The predicted octanol–water partition coefficient (Wildman–Crippen LogP) is 4.35. The fourth-order valence-corrected chi connectivity index (χ4v) is 3.81. The highest BCUT2D eigenvalue weighted by atomic mass is 35.5. The molecule has 0 saturated carbocycles. The summed E-state index contributed by atoms with van der Waals surface area (Å²) < 4.78 is 17.4. The Morgan fingerprint density at radius 2 is 2.00 bits per heavy atom. The van der Waals surface area contributed by atoms with E-state index < -0.39 is 11.7 Å². The first kappa shape index (κ1) is 20.8. The summed E-state index contributed by atoms with van der Waals surface area (Å²) in [6.07, 6.45) is 4.52. The minimum Gasteiger partial charge on any atom is -0.383 e. The first-order chi connectivity index (χ1) is 15.8. The number of benzene rings is 1. The van der Waals surface area contributed by atoms with Gasteiger partial charge in [0.25, 0.3) is 5.91 Å². The molecule has 5 rings (SSSR count). The third-order valence-electron chi connectivity index (χ3n) is 5.20. The number of carbonyl (C=O) groups excluding carboxylic acids is 1. The Labute approximate surface area is 192 Å². The van der Waals surface area contributed by atoms with E-state index in [9.17, 15) is 9.18 Å². The van der Waals surface area contributed by atoms with Crippen LogP contribution in [0.15, 0.2) is 49.1 Å². The number of nitrogens with one attached hydrogen (secondary N) is 1. The first-order valence-electron chi connectivity index (χ1n) is 10.1. The maximum atomic E-state index is 14.0. The molecular weight excluding hydrogens is 447 g/mol. The number of pyridine rings is 1. The SMILES string of the molecule is CC(C)n1nc(-c2ccn3c(C(=O)Nc4cc(Cl)ccc4F)cnc3c2)c2c(N)ncnc21. The number of imidazole rings is 1. The van der Waals surface area contributed by atoms with E-state index in [1.807, 2.05) is 13.8 Å². The standard InChI is InChI=1S/C22H18ClFN8O/c1-11(2)32-21-18(20(25)27-10-28-21)19(30-32)12-5-6-31-16(9-26-17(31)7-12)22(33)29-15-8-13(23)3-4-14(15)24/h3-11H,1-2H3,(H,29,33)(H2,25,27,28). The van der Waals surface area contributed by atoms with Crippen molar-refractivity contribution in [1.82, 2.24) is 29.1 Å². The van der Waals surface area contributed by atoms with E-state index in [-0.39, 0.29) is 17.4 Å². The summed E-state index contributed by atoms with van der Waals surface area (Å²) in [5, 5.41) is 8.20. The van der Waals surface area contributed by atoms with E-state index in [1.165, 1.54) is 30.7 Å². The zero-order chi connectivity index (χ0) is 23.3. The lowest BCUT2D eigenvalue weighted by atomic mass is 10.1. The van der Waals surface area contributed by atoms with Crippen LogP contribution in [0.25, 0.3) is 27.9 Å². The van der Waals surface area contributed by atoms with Gasteiger partial charge in [-0.25, -0.2) is 24.0 Å². The fourth-order valence-electron chi connectivity index (χ4n) is 3.63. The number of nitrogens with two attached hydrogens (primary N) is 1. The predicted molar refractivity (Wildman–Crippen MR) is 124 cm³/mol. The summed E-state index contributed by atoms with van der Waals surface area (Å²) in [5.74, 6) is -0.784. The van der Waals surface area contributed by atoms with Gasteiger partial charge in [-0.05, 0) is 44.2 Å². The van der Waals surface area contributed by atoms with Crippen molar-refractivity contribution in [2.24, 2.45) is 0 Å². The minimum absolute atomic E-state index is 0.0137. The first-order valence-corrected chi connectivity index (χ1v) is 10.4. The maximum absolute atomic E-state index is 14.0. The van der Waals surface area contributed by atoms with Crippen LogP contribution in [-0.2, 0) is 0 Å². The number of fused-ring (bicyclic) bond motifs is 2. The van der Waals surface area contributed by atoms with Crippen LogP contribution in [0.2, 0.25) is 5.02 Å². The molecule has 166 valence electrons. The zero-order valence-corrected chi connectivity index (χ0v) is 18.4. The van der Waals surface area contributed by atoms with Crippen LogP contribution in [0.4, 0.5) is 15.9 Å². The third-order valence-corrected chi connectivity index (χ3v) is 5.44. The fraction of sp³-hybridized carbons (Fsp3) is 0.136. The molecule has 0 saturated heterocycles. The molecule has 0 fully saturated rings. The van der Waals surface area contributed by atoms with Crippen LogP contribution in [0.5, 0.6) is 0 Å². The van der Waals surface area contributed by atoms with E-state index in [2.05, 4.69) is 20.3 Å². The van der Waals surface area contributed by atoms with E-state index >= 15 is 0 Å². The Bertz CT molecular complexity index is 1540. The molecule has 0 aliphatic rings. The van der Waals surface area contributed by atoms with Gasteiger partial charge in [0.2, 0.25) is 0 Å². The molecule has 0 radical (unpaired) electrons. The Balaban J connectivity index is 1.56. The normalized spacial score (nSPS) is 11.5. The molecule has 1 amide bonds. The number of aromatic nitrogens is 6. The van der Waals surface area contributed by atoms with Crippen molar-refractivity contribution in [1.29, 1.82) is 0 Å². The lowest BCUT2D eigenvalue weighted by Crippen LogP contribution is -2.15. The number of anilines is 2. The van der Waals surface area contributed by atoms with Crippen molar-refractivity contribution >= 4 is 45.7 Å². The number of hydrogen-bond acceptors (Lipinski definition) is 6. The summed E-state index contributed by atoms with van der Waals surface area (Å²) in [6, 6.07) is 7.59. The zero-order valence-electron chi connectivity index (χ0n) is 17.6. The largest absolute Gasteiger partial charge is 0.383 e. The van der Waals surface area contributed by atoms with Crippen molar-refractivity contribution in [2.45, 2.75) is 19.9 Å². The van der Waals surface area contributed by atoms with Crippen molar-refractivity contribution in [3.8, 4) is 11.3 Å². The van der Waals surface area contributed by atoms with Crippen molar-refractivity contribution in [2.75, 3.05) is 11.1 Å². The number of carbonyl (C=O) groups is 1. The summed E-state index contributed by atoms with van der Waals surface area (Å²) in [7, 11) is 0. The van der Waals surface area contributed by atoms with Gasteiger partial charge in [0.05, 0.1) is 17.3 Å². The molecule has 1 aromatic carbocycles. The molecule has 0 aliphatic carbocycles. The van der Waals surface area contributed by atoms with E-state index in [0.717, 1.165) is 5.56 Å². The Kier molecular flexibility index (Phi) is 4.94. The van der Waals surface area contributed by atoms with Gasteiger partial charge < -0.3 is 11.1 Å². The van der Waals surface area contributed by atoms with Crippen LogP contribution < -0.4 is 11.1 Å². The Morgan fingerprint density at radius 1 is 1.18 bits per heavy atom. The molecule has 9 nitrogen and oxygen atoms in total. The van der Waals surface area contributed by atoms with Crippen LogP contribution in [-0.4, -0.2) is 35.0 Å². The molecular formula is C22H18ClFN8O. The number of amides is 1. The summed E-state index contributed by atoms with van der Waals surface area (Å²) >= 11 is 5.91.